The molecule has 2 aromatic rings. The molecule has 3 rings (SSSR count). The van der Waals surface area contributed by atoms with Crippen molar-refractivity contribution in [2.24, 2.45) is 4.99 Å². The van der Waals surface area contributed by atoms with Crippen LogP contribution in [0.5, 0.6) is 0 Å². The highest BCUT2D eigenvalue weighted by molar-refractivity contribution is 5.84. The maximum atomic E-state index is 12.4. The molecule has 0 bridgehead atoms. The Morgan fingerprint density at radius 3 is 2.83 bits per heavy atom. The van der Waals surface area contributed by atoms with Crippen LogP contribution in [0, 0.1) is 0 Å². The minimum Gasteiger partial charge on any atom is -0.354 e. The lowest BCUT2D eigenvalue weighted by Gasteiger charge is -2.28. The number of benzene rings is 1. The van der Waals surface area contributed by atoms with Gasteiger partial charge in [0.1, 0.15) is 11.7 Å². The van der Waals surface area contributed by atoms with E-state index in [0.717, 1.165) is 17.2 Å². The Kier molecular flexibility index (Phi) is 2.40. The molecule has 2 heterocycles. The van der Waals surface area contributed by atoms with Crippen LogP contribution in [-0.4, -0.2) is 34.4 Å². The fraction of sp³-hybridized carbons (Fsp3) is 0.308. The number of nitrogens with zero attached hydrogens (tertiary/aromatic N) is 4. The SMILES string of the molecule is CN=C1Cn2c(nc3ccccc3c2=O)CN1C. The van der Waals surface area contributed by atoms with Crippen molar-refractivity contribution in [1.82, 2.24) is 14.5 Å². The standard InChI is InChI=1S/C13H14N4O/c1-14-11-8-17-12(7-16(11)2)15-10-6-4-3-5-9(10)13(17)18/h3-6H,7-8H2,1-2H3. The number of para-hydroxylation sites is 1. The predicted octanol–water partition coefficient (Wildman–Crippen LogP) is 0.870. The maximum absolute atomic E-state index is 12.4. The van der Waals surface area contributed by atoms with E-state index < -0.39 is 0 Å². The Hall–Kier alpha value is -2.17. The minimum atomic E-state index is 0.0184. The molecular formula is C13H14N4O. The summed E-state index contributed by atoms with van der Waals surface area (Å²) >= 11 is 0. The van der Waals surface area contributed by atoms with E-state index in [-0.39, 0.29) is 5.56 Å². The molecule has 5 heteroatoms. The van der Waals surface area contributed by atoms with E-state index in [9.17, 15) is 4.79 Å². The number of likely N-dealkylation sites (N-methyl/N-ethyl adjacent to an activating group) is 1. The van der Waals surface area contributed by atoms with E-state index in [1.165, 1.54) is 0 Å². The highest BCUT2D eigenvalue weighted by Crippen LogP contribution is 2.13. The number of aromatic nitrogens is 2. The van der Waals surface area contributed by atoms with Crippen LogP contribution in [0.1, 0.15) is 5.82 Å². The van der Waals surface area contributed by atoms with Gasteiger partial charge in [0.15, 0.2) is 0 Å². The van der Waals surface area contributed by atoms with Crippen molar-refractivity contribution in [2.75, 3.05) is 14.1 Å². The number of hydrogen-bond donors (Lipinski definition) is 0. The van der Waals surface area contributed by atoms with Crippen LogP contribution < -0.4 is 5.56 Å². The van der Waals surface area contributed by atoms with E-state index in [1.807, 2.05) is 36.2 Å². The van der Waals surface area contributed by atoms with Gasteiger partial charge in [-0.15, -0.1) is 0 Å². The molecule has 18 heavy (non-hydrogen) atoms. The second kappa shape index (κ2) is 3.94. The van der Waals surface area contributed by atoms with Gasteiger partial charge in [-0.3, -0.25) is 14.4 Å². The van der Waals surface area contributed by atoms with Gasteiger partial charge in [0.25, 0.3) is 5.56 Å². The van der Waals surface area contributed by atoms with Crippen LogP contribution in [0.15, 0.2) is 34.1 Å². The normalized spacial score (nSPS) is 17.2. The third-order valence-electron chi connectivity index (χ3n) is 3.32. The maximum Gasteiger partial charge on any atom is 0.261 e. The lowest BCUT2D eigenvalue weighted by Crippen LogP contribution is -2.42. The summed E-state index contributed by atoms with van der Waals surface area (Å²) in [5.41, 5.74) is 0.781. The first kappa shape index (κ1) is 11.0. The molecule has 0 atom stereocenters. The third-order valence-corrected chi connectivity index (χ3v) is 3.32. The molecule has 92 valence electrons. The lowest BCUT2D eigenvalue weighted by molar-refractivity contribution is 0.415. The second-order valence-electron chi connectivity index (χ2n) is 4.43. The van der Waals surface area contributed by atoms with E-state index in [0.29, 0.717) is 18.5 Å². The molecular weight excluding hydrogens is 228 g/mol. The zero-order valence-corrected chi connectivity index (χ0v) is 10.4. The van der Waals surface area contributed by atoms with E-state index in [4.69, 9.17) is 0 Å². The second-order valence-corrected chi connectivity index (χ2v) is 4.43. The van der Waals surface area contributed by atoms with Crippen LogP contribution in [0.2, 0.25) is 0 Å². The Bertz CT molecular complexity index is 702. The Balaban J connectivity index is 2.29. The summed E-state index contributed by atoms with van der Waals surface area (Å²) in [5.74, 6) is 1.70. The lowest BCUT2D eigenvalue weighted by atomic mass is 10.2. The first-order valence-electron chi connectivity index (χ1n) is 5.86. The predicted molar refractivity (Wildman–Crippen MR) is 70.8 cm³/mol. The summed E-state index contributed by atoms with van der Waals surface area (Å²) in [5, 5.41) is 0.668. The van der Waals surface area contributed by atoms with Crippen molar-refractivity contribution in [2.45, 2.75) is 13.1 Å². The van der Waals surface area contributed by atoms with Crippen LogP contribution in [0.25, 0.3) is 10.9 Å². The van der Waals surface area contributed by atoms with Gasteiger partial charge < -0.3 is 4.90 Å². The van der Waals surface area contributed by atoms with Crippen molar-refractivity contribution in [3.8, 4) is 0 Å². The Morgan fingerprint density at radius 2 is 2.06 bits per heavy atom. The summed E-state index contributed by atoms with van der Waals surface area (Å²) in [6.07, 6.45) is 0. The largest absolute Gasteiger partial charge is 0.354 e. The van der Waals surface area contributed by atoms with Crippen molar-refractivity contribution in [3.05, 3.63) is 40.4 Å². The van der Waals surface area contributed by atoms with Gasteiger partial charge in [0, 0.05) is 14.1 Å². The molecule has 0 amide bonds. The molecule has 0 fully saturated rings. The van der Waals surface area contributed by atoms with Gasteiger partial charge in [-0.05, 0) is 12.1 Å². The van der Waals surface area contributed by atoms with Crippen molar-refractivity contribution in [1.29, 1.82) is 0 Å². The molecule has 1 aliphatic heterocycles. The minimum absolute atomic E-state index is 0.0184. The summed E-state index contributed by atoms with van der Waals surface area (Å²) in [7, 11) is 3.71. The zero-order chi connectivity index (χ0) is 12.7. The van der Waals surface area contributed by atoms with Crippen LogP contribution in [0.3, 0.4) is 0 Å². The fourth-order valence-electron chi connectivity index (χ4n) is 2.30. The average Bonchev–Trinajstić information content (AvgIpc) is 2.38. The van der Waals surface area contributed by atoms with Crippen LogP contribution in [0.4, 0.5) is 0 Å². The van der Waals surface area contributed by atoms with Gasteiger partial charge in [0.2, 0.25) is 0 Å². The molecule has 0 unspecified atom stereocenters. The monoisotopic (exact) mass is 242 g/mol. The molecule has 0 aliphatic carbocycles. The summed E-state index contributed by atoms with van der Waals surface area (Å²) in [6, 6.07) is 7.46. The summed E-state index contributed by atoms with van der Waals surface area (Å²) < 4.78 is 1.71. The topological polar surface area (TPSA) is 50.5 Å². The smallest absolute Gasteiger partial charge is 0.261 e. The molecule has 0 saturated carbocycles. The molecule has 1 aromatic heterocycles. The van der Waals surface area contributed by atoms with E-state index in [1.54, 1.807) is 11.6 Å². The van der Waals surface area contributed by atoms with Gasteiger partial charge in [-0.2, -0.15) is 0 Å². The van der Waals surface area contributed by atoms with Gasteiger partial charge in [-0.1, -0.05) is 12.1 Å². The summed E-state index contributed by atoms with van der Waals surface area (Å²) in [4.78, 5) is 23.2. The molecule has 0 N–H and O–H groups in total. The molecule has 0 radical (unpaired) electrons. The van der Waals surface area contributed by atoms with Gasteiger partial charge in [-0.25, -0.2) is 4.98 Å². The number of amidine groups is 1. The fourth-order valence-corrected chi connectivity index (χ4v) is 2.30. The quantitative estimate of drug-likeness (QED) is 0.688. The Morgan fingerprint density at radius 1 is 1.28 bits per heavy atom. The summed E-state index contributed by atoms with van der Waals surface area (Å²) in [6.45, 7) is 1.12. The molecule has 0 spiro atoms. The van der Waals surface area contributed by atoms with E-state index >= 15 is 0 Å². The van der Waals surface area contributed by atoms with Crippen molar-refractivity contribution in [3.63, 3.8) is 0 Å². The zero-order valence-electron chi connectivity index (χ0n) is 10.4. The van der Waals surface area contributed by atoms with Crippen molar-refractivity contribution >= 4 is 16.7 Å². The van der Waals surface area contributed by atoms with Crippen LogP contribution in [-0.2, 0) is 13.1 Å². The van der Waals surface area contributed by atoms with Gasteiger partial charge >= 0.3 is 0 Å². The number of hydrogen-bond acceptors (Lipinski definition) is 3. The first-order chi connectivity index (χ1) is 8.70. The number of rotatable bonds is 0. The molecule has 5 nitrogen and oxygen atoms in total. The molecule has 1 aliphatic rings. The average molecular weight is 242 g/mol. The van der Waals surface area contributed by atoms with Crippen molar-refractivity contribution < 1.29 is 0 Å². The Labute approximate surface area is 104 Å². The number of fused-ring (bicyclic) bond motifs is 2. The molecule has 1 aromatic carbocycles. The van der Waals surface area contributed by atoms with E-state index in [2.05, 4.69) is 9.98 Å². The first-order valence-corrected chi connectivity index (χ1v) is 5.86. The highest BCUT2D eigenvalue weighted by Gasteiger charge is 2.21. The van der Waals surface area contributed by atoms with Crippen LogP contribution >= 0.6 is 0 Å². The number of aliphatic imine (C=N–C) groups is 1. The van der Waals surface area contributed by atoms with Gasteiger partial charge in [0.05, 0.1) is 24.0 Å². The molecule has 0 saturated heterocycles. The highest BCUT2D eigenvalue weighted by atomic mass is 16.1. The third kappa shape index (κ3) is 1.51.